The minimum Gasteiger partial charge on any atom is -0.369 e. The predicted octanol–water partition coefficient (Wildman–Crippen LogP) is 4.35. The molecule has 0 aliphatic carbocycles. The fourth-order valence-corrected chi connectivity index (χ4v) is 2.83. The number of rotatable bonds is 3. The molecule has 2 heterocycles. The van der Waals surface area contributed by atoms with Crippen LogP contribution in [-0.4, -0.2) is 14.5 Å². The summed E-state index contributed by atoms with van der Waals surface area (Å²) in [7, 11) is 0. The lowest BCUT2D eigenvalue weighted by Crippen LogP contribution is -2.17. The molecule has 0 saturated heterocycles. The van der Waals surface area contributed by atoms with Crippen molar-refractivity contribution in [1.29, 1.82) is 0 Å². The van der Waals surface area contributed by atoms with Gasteiger partial charge in [0.15, 0.2) is 5.65 Å². The largest absolute Gasteiger partial charge is 0.369 e. The molecule has 2 N–H and O–H groups in total. The van der Waals surface area contributed by atoms with E-state index in [-0.39, 0.29) is 17.2 Å². The lowest BCUT2D eigenvalue weighted by molar-refractivity contribution is 0.350. The van der Waals surface area contributed by atoms with E-state index >= 15 is 0 Å². The predicted molar refractivity (Wildman–Crippen MR) is 95.3 cm³/mol. The molecule has 1 unspecified atom stereocenters. The van der Waals surface area contributed by atoms with E-state index in [2.05, 4.69) is 32.7 Å². The number of nitrogens with zero attached hydrogens (tertiary/aromatic N) is 3. The number of hydrogen-bond acceptors (Lipinski definition) is 3. The van der Waals surface area contributed by atoms with Gasteiger partial charge in [0.05, 0.1) is 5.69 Å². The third-order valence-corrected chi connectivity index (χ3v) is 4.09. The standard InChI is InChI=1S/C19H23FN4/c1-12(13-5-7-14(20)8-6-13)15-9-10-16-17(22-15)24(18(21)23-16)11-19(2,3)4/h5-10,12H,11H2,1-4H3,(H2,21,23). The van der Waals surface area contributed by atoms with Crippen LogP contribution in [0.4, 0.5) is 10.3 Å². The number of pyridine rings is 1. The maximum Gasteiger partial charge on any atom is 0.202 e. The summed E-state index contributed by atoms with van der Waals surface area (Å²) >= 11 is 0. The van der Waals surface area contributed by atoms with Gasteiger partial charge in [-0.1, -0.05) is 39.8 Å². The normalized spacial score (nSPS) is 13.4. The molecule has 3 aromatic rings. The van der Waals surface area contributed by atoms with Crippen LogP contribution in [0.2, 0.25) is 0 Å². The Morgan fingerprint density at radius 1 is 1.08 bits per heavy atom. The second-order valence-corrected chi connectivity index (χ2v) is 7.47. The van der Waals surface area contributed by atoms with Crippen molar-refractivity contribution in [3.8, 4) is 0 Å². The number of halogens is 1. The molecule has 0 amide bonds. The van der Waals surface area contributed by atoms with Crippen LogP contribution in [0, 0.1) is 11.2 Å². The van der Waals surface area contributed by atoms with E-state index in [0.717, 1.165) is 29.0 Å². The summed E-state index contributed by atoms with van der Waals surface area (Å²) in [6.45, 7) is 9.28. The van der Waals surface area contributed by atoms with Crippen molar-refractivity contribution in [3.63, 3.8) is 0 Å². The van der Waals surface area contributed by atoms with Crippen LogP contribution in [0.25, 0.3) is 11.2 Å². The molecule has 0 radical (unpaired) electrons. The van der Waals surface area contributed by atoms with Crippen LogP contribution in [0.3, 0.4) is 0 Å². The van der Waals surface area contributed by atoms with E-state index in [1.807, 2.05) is 16.7 Å². The fourth-order valence-electron chi connectivity index (χ4n) is 2.83. The smallest absolute Gasteiger partial charge is 0.202 e. The zero-order chi connectivity index (χ0) is 17.5. The van der Waals surface area contributed by atoms with Gasteiger partial charge in [0.1, 0.15) is 11.3 Å². The first-order valence-corrected chi connectivity index (χ1v) is 8.13. The first-order chi connectivity index (χ1) is 11.2. The van der Waals surface area contributed by atoms with E-state index in [4.69, 9.17) is 10.7 Å². The highest BCUT2D eigenvalue weighted by Crippen LogP contribution is 2.27. The molecule has 0 saturated carbocycles. The summed E-state index contributed by atoms with van der Waals surface area (Å²) in [6, 6.07) is 10.5. The van der Waals surface area contributed by atoms with Gasteiger partial charge in [-0.25, -0.2) is 14.4 Å². The maximum absolute atomic E-state index is 13.1. The maximum atomic E-state index is 13.1. The fraction of sp³-hybridized carbons (Fsp3) is 0.368. The van der Waals surface area contributed by atoms with Gasteiger partial charge >= 0.3 is 0 Å². The van der Waals surface area contributed by atoms with E-state index in [1.165, 1.54) is 12.1 Å². The summed E-state index contributed by atoms with van der Waals surface area (Å²) in [5.74, 6) is 0.318. The van der Waals surface area contributed by atoms with Crippen LogP contribution in [0.15, 0.2) is 36.4 Å². The Kier molecular flexibility index (Phi) is 4.03. The number of nitrogen functional groups attached to an aromatic ring is 1. The van der Waals surface area contributed by atoms with Gasteiger partial charge in [0, 0.05) is 12.5 Å². The average Bonchev–Trinajstić information content (AvgIpc) is 2.81. The monoisotopic (exact) mass is 326 g/mol. The Morgan fingerprint density at radius 2 is 1.75 bits per heavy atom. The molecule has 0 aliphatic heterocycles. The lowest BCUT2D eigenvalue weighted by Gasteiger charge is -2.20. The zero-order valence-corrected chi connectivity index (χ0v) is 14.5. The highest BCUT2D eigenvalue weighted by atomic mass is 19.1. The molecular weight excluding hydrogens is 303 g/mol. The van der Waals surface area contributed by atoms with Crippen molar-refractivity contribution < 1.29 is 4.39 Å². The van der Waals surface area contributed by atoms with E-state index in [0.29, 0.717) is 5.95 Å². The quantitative estimate of drug-likeness (QED) is 0.778. The highest BCUT2D eigenvalue weighted by molar-refractivity contribution is 5.74. The van der Waals surface area contributed by atoms with Gasteiger partial charge in [-0.05, 0) is 35.2 Å². The number of fused-ring (bicyclic) bond motifs is 1. The number of imidazole rings is 1. The summed E-state index contributed by atoms with van der Waals surface area (Å²) < 4.78 is 15.1. The minimum atomic E-state index is -0.231. The van der Waals surface area contributed by atoms with Crippen LogP contribution < -0.4 is 5.73 Å². The molecular formula is C19H23FN4. The molecule has 5 heteroatoms. The van der Waals surface area contributed by atoms with Crippen LogP contribution in [0.5, 0.6) is 0 Å². The molecule has 1 atom stereocenters. The van der Waals surface area contributed by atoms with E-state index < -0.39 is 0 Å². The van der Waals surface area contributed by atoms with Crippen LogP contribution in [-0.2, 0) is 6.54 Å². The number of benzene rings is 1. The first-order valence-electron chi connectivity index (χ1n) is 8.13. The third kappa shape index (κ3) is 3.25. The topological polar surface area (TPSA) is 56.7 Å². The number of hydrogen-bond donors (Lipinski definition) is 1. The molecule has 24 heavy (non-hydrogen) atoms. The molecule has 126 valence electrons. The summed E-state index contributed by atoms with van der Waals surface area (Å²) in [4.78, 5) is 9.22. The van der Waals surface area contributed by atoms with Crippen molar-refractivity contribution in [2.75, 3.05) is 5.73 Å². The Hall–Kier alpha value is -2.43. The van der Waals surface area contributed by atoms with Gasteiger partial charge in [0.2, 0.25) is 5.95 Å². The van der Waals surface area contributed by atoms with Gasteiger partial charge in [-0.15, -0.1) is 0 Å². The van der Waals surface area contributed by atoms with E-state index in [9.17, 15) is 4.39 Å². The van der Waals surface area contributed by atoms with Crippen molar-refractivity contribution in [3.05, 3.63) is 53.5 Å². The Bertz CT molecular complexity index is 859. The zero-order valence-electron chi connectivity index (χ0n) is 14.5. The molecule has 0 aliphatic rings. The molecule has 2 aromatic heterocycles. The summed E-state index contributed by atoms with van der Waals surface area (Å²) in [5, 5.41) is 0. The molecule has 4 nitrogen and oxygen atoms in total. The number of nitrogens with two attached hydrogens (primary N) is 1. The van der Waals surface area contributed by atoms with Gasteiger partial charge < -0.3 is 5.73 Å². The average molecular weight is 326 g/mol. The molecule has 1 aromatic carbocycles. The van der Waals surface area contributed by atoms with Gasteiger partial charge in [-0.2, -0.15) is 0 Å². The number of anilines is 1. The second kappa shape index (κ2) is 5.89. The lowest BCUT2D eigenvalue weighted by atomic mass is 9.96. The molecule has 0 bridgehead atoms. The van der Waals surface area contributed by atoms with E-state index in [1.54, 1.807) is 12.1 Å². The number of aromatic nitrogens is 3. The van der Waals surface area contributed by atoms with Crippen LogP contribution >= 0.6 is 0 Å². The van der Waals surface area contributed by atoms with Crippen LogP contribution in [0.1, 0.15) is 44.9 Å². The summed E-state index contributed by atoms with van der Waals surface area (Å²) in [5.41, 5.74) is 9.70. The Morgan fingerprint density at radius 3 is 2.38 bits per heavy atom. The SMILES string of the molecule is CC(c1ccc(F)cc1)c1ccc2nc(N)n(CC(C)(C)C)c2n1. The van der Waals surface area contributed by atoms with Crippen molar-refractivity contribution in [2.45, 2.75) is 40.2 Å². The highest BCUT2D eigenvalue weighted by Gasteiger charge is 2.19. The van der Waals surface area contributed by atoms with Crippen molar-refractivity contribution in [2.24, 2.45) is 5.41 Å². The minimum absolute atomic E-state index is 0.0641. The Labute approximate surface area is 141 Å². The molecule has 0 fully saturated rings. The Balaban J connectivity index is 2.03. The summed E-state index contributed by atoms with van der Waals surface area (Å²) in [6.07, 6.45) is 0. The third-order valence-electron chi connectivity index (χ3n) is 4.09. The van der Waals surface area contributed by atoms with Gasteiger partial charge in [0.25, 0.3) is 0 Å². The van der Waals surface area contributed by atoms with Crippen molar-refractivity contribution in [1.82, 2.24) is 14.5 Å². The molecule has 3 rings (SSSR count). The molecule has 0 spiro atoms. The first kappa shape index (κ1) is 16.4. The second-order valence-electron chi connectivity index (χ2n) is 7.47. The van der Waals surface area contributed by atoms with Gasteiger partial charge in [-0.3, -0.25) is 4.57 Å². The van der Waals surface area contributed by atoms with Crippen molar-refractivity contribution >= 4 is 17.1 Å².